The Morgan fingerprint density at radius 3 is 2.73 bits per heavy atom. The summed E-state index contributed by atoms with van der Waals surface area (Å²) in [6, 6.07) is 10.9. The number of benzene rings is 1. The maximum absolute atomic E-state index is 13.2. The van der Waals surface area contributed by atoms with Gasteiger partial charge in [-0.15, -0.1) is 0 Å². The number of aromatic amines is 1. The minimum absolute atomic E-state index is 0.239. The zero-order valence-corrected chi connectivity index (χ0v) is 17.4. The number of aromatic nitrogens is 4. The van der Waals surface area contributed by atoms with Crippen LogP contribution in [-0.2, 0) is 6.42 Å². The van der Waals surface area contributed by atoms with Crippen molar-refractivity contribution in [1.82, 2.24) is 25.2 Å². The van der Waals surface area contributed by atoms with Gasteiger partial charge in [0.1, 0.15) is 0 Å². The molecule has 0 spiro atoms. The van der Waals surface area contributed by atoms with E-state index in [1.54, 1.807) is 19.1 Å². The molecule has 3 heterocycles. The quantitative estimate of drug-likeness (QED) is 0.369. The molecule has 0 radical (unpaired) electrons. The minimum Gasteiger partial charge on any atom is -0.292 e. The summed E-state index contributed by atoms with van der Waals surface area (Å²) in [5.41, 5.74) is 5.20. The molecule has 0 bridgehead atoms. The van der Waals surface area contributed by atoms with Crippen LogP contribution in [-0.4, -0.2) is 31.4 Å². The lowest BCUT2D eigenvalue weighted by Gasteiger charge is -2.02. The second-order valence-electron chi connectivity index (χ2n) is 6.69. The van der Waals surface area contributed by atoms with Crippen LogP contribution in [0.25, 0.3) is 15.3 Å². The lowest BCUT2D eigenvalue weighted by molar-refractivity contribution is 0.0954. The fourth-order valence-electron chi connectivity index (χ4n) is 3.14. The van der Waals surface area contributed by atoms with Gasteiger partial charge >= 0.3 is 0 Å². The predicted molar refractivity (Wildman–Crippen MR) is 117 cm³/mol. The molecule has 30 heavy (non-hydrogen) atoms. The highest BCUT2D eigenvalue weighted by atomic mass is 32.1. The first-order valence-electron chi connectivity index (χ1n) is 9.53. The van der Waals surface area contributed by atoms with Crippen molar-refractivity contribution >= 4 is 33.2 Å². The van der Waals surface area contributed by atoms with E-state index in [-0.39, 0.29) is 11.5 Å². The lowest BCUT2D eigenvalue weighted by atomic mass is 10.1. The topological polar surface area (TPSA) is 105 Å². The van der Waals surface area contributed by atoms with Gasteiger partial charge < -0.3 is 0 Å². The molecule has 3 aromatic heterocycles. The summed E-state index contributed by atoms with van der Waals surface area (Å²) in [5.74, 6) is -0.365. The van der Waals surface area contributed by atoms with E-state index >= 15 is 0 Å². The molecule has 1 amide bonds. The third-order valence-corrected chi connectivity index (χ3v) is 5.59. The number of thiazole rings is 1. The van der Waals surface area contributed by atoms with E-state index < -0.39 is 0 Å². The van der Waals surface area contributed by atoms with Gasteiger partial charge in [-0.1, -0.05) is 36.8 Å². The number of hydrogen-bond donors (Lipinski definition) is 2. The Balaban J connectivity index is 1.70. The number of nitrogens with zero attached hydrogens (tertiary/aromatic N) is 4. The smallest absolute Gasteiger partial charge is 0.282 e. The first kappa shape index (κ1) is 19.7. The standard InChI is InChI=1S/C21H20N6O2S/c1-3-6-16-18(13(2)24-25-19(28)14-9-11-22-12-10-14)20(29)27(26-16)21-23-15-7-4-5-8-17(15)30-21/h4-5,7-12,26H,3,6H2,1-2H3,(H,25,28)/b24-13+. The van der Waals surface area contributed by atoms with Gasteiger partial charge in [-0.3, -0.25) is 19.7 Å². The zero-order chi connectivity index (χ0) is 21.1. The molecule has 152 valence electrons. The summed E-state index contributed by atoms with van der Waals surface area (Å²) < 4.78 is 2.46. The maximum Gasteiger partial charge on any atom is 0.282 e. The number of hydrogen-bond acceptors (Lipinski definition) is 6. The molecule has 0 aliphatic rings. The van der Waals surface area contributed by atoms with Crippen LogP contribution in [0.3, 0.4) is 0 Å². The van der Waals surface area contributed by atoms with Crippen LogP contribution in [0.15, 0.2) is 58.7 Å². The molecular weight excluding hydrogens is 400 g/mol. The average Bonchev–Trinajstić information content (AvgIpc) is 3.33. The number of rotatable bonds is 6. The van der Waals surface area contributed by atoms with Crippen LogP contribution >= 0.6 is 11.3 Å². The lowest BCUT2D eigenvalue weighted by Crippen LogP contribution is -2.23. The molecule has 0 atom stereocenters. The van der Waals surface area contributed by atoms with Crippen molar-refractivity contribution in [2.45, 2.75) is 26.7 Å². The Morgan fingerprint density at radius 2 is 2.00 bits per heavy atom. The summed E-state index contributed by atoms with van der Waals surface area (Å²) >= 11 is 1.44. The fraction of sp³-hybridized carbons (Fsp3) is 0.190. The van der Waals surface area contributed by atoms with E-state index in [9.17, 15) is 9.59 Å². The van der Waals surface area contributed by atoms with E-state index in [0.29, 0.717) is 28.4 Å². The molecule has 4 rings (SSSR count). The Labute approximate surface area is 176 Å². The third kappa shape index (κ3) is 3.79. The van der Waals surface area contributed by atoms with Crippen LogP contribution in [0.4, 0.5) is 0 Å². The Hall–Kier alpha value is -3.59. The van der Waals surface area contributed by atoms with Crippen molar-refractivity contribution < 1.29 is 4.79 Å². The van der Waals surface area contributed by atoms with Crippen LogP contribution in [0.2, 0.25) is 0 Å². The van der Waals surface area contributed by atoms with E-state index in [0.717, 1.165) is 22.3 Å². The SMILES string of the molecule is CCCc1[nH]n(-c2nc3ccccc3s2)c(=O)c1/C(C)=N/NC(=O)c1ccncc1. The summed E-state index contributed by atoms with van der Waals surface area (Å²) in [6.07, 6.45) is 4.60. The number of nitrogens with one attached hydrogen (secondary N) is 2. The van der Waals surface area contributed by atoms with Crippen molar-refractivity contribution in [1.29, 1.82) is 0 Å². The molecule has 2 N–H and O–H groups in total. The molecule has 0 saturated heterocycles. The average molecular weight is 420 g/mol. The van der Waals surface area contributed by atoms with Gasteiger partial charge in [0.15, 0.2) is 0 Å². The predicted octanol–water partition coefficient (Wildman–Crippen LogP) is 3.28. The number of aryl methyl sites for hydroxylation is 1. The van der Waals surface area contributed by atoms with Crippen LogP contribution < -0.4 is 11.0 Å². The van der Waals surface area contributed by atoms with Crippen LogP contribution in [0.5, 0.6) is 0 Å². The number of H-pyrrole nitrogens is 1. The summed E-state index contributed by atoms with van der Waals surface area (Å²) in [5, 5.41) is 7.92. The van der Waals surface area contributed by atoms with E-state index in [1.165, 1.54) is 28.4 Å². The van der Waals surface area contributed by atoms with Gasteiger partial charge in [0.2, 0.25) is 5.13 Å². The highest BCUT2D eigenvalue weighted by Crippen LogP contribution is 2.24. The van der Waals surface area contributed by atoms with Gasteiger partial charge in [0.25, 0.3) is 11.5 Å². The summed E-state index contributed by atoms with van der Waals surface area (Å²) in [4.78, 5) is 33.9. The van der Waals surface area contributed by atoms with Crippen LogP contribution in [0.1, 0.15) is 41.9 Å². The van der Waals surface area contributed by atoms with E-state index in [4.69, 9.17) is 0 Å². The van der Waals surface area contributed by atoms with Crippen molar-refractivity contribution in [3.05, 3.63) is 76.0 Å². The molecule has 0 fully saturated rings. The summed E-state index contributed by atoms with van der Waals surface area (Å²) in [7, 11) is 0. The van der Waals surface area contributed by atoms with Gasteiger partial charge in [-0.2, -0.15) is 9.78 Å². The molecule has 0 aliphatic carbocycles. The van der Waals surface area contributed by atoms with Crippen molar-refractivity contribution in [2.75, 3.05) is 0 Å². The van der Waals surface area contributed by atoms with Crippen molar-refractivity contribution in [3.63, 3.8) is 0 Å². The van der Waals surface area contributed by atoms with Gasteiger partial charge in [-0.25, -0.2) is 10.4 Å². The van der Waals surface area contributed by atoms with Gasteiger partial charge in [0, 0.05) is 23.7 Å². The molecule has 8 nitrogen and oxygen atoms in total. The number of carbonyl (C=O) groups excluding carboxylic acids is 1. The molecule has 4 aromatic rings. The Kier molecular flexibility index (Phi) is 5.53. The largest absolute Gasteiger partial charge is 0.292 e. The van der Waals surface area contributed by atoms with Crippen molar-refractivity contribution in [3.8, 4) is 5.13 Å². The van der Waals surface area contributed by atoms with Gasteiger partial charge in [-0.05, 0) is 37.6 Å². The van der Waals surface area contributed by atoms with Crippen molar-refractivity contribution in [2.24, 2.45) is 5.10 Å². The maximum atomic E-state index is 13.2. The number of pyridine rings is 1. The van der Waals surface area contributed by atoms with Gasteiger partial charge in [0.05, 0.1) is 21.5 Å². The second-order valence-corrected chi connectivity index (χ2v) is 7.70. The van der Waals surface area contributed by atoms with E-state index in [1.807, 2.05) is 31.2 Å². The zero-order valence-electron chi connectivity index (χ0n) is 16.5. The number of hydrazone groups is 1. The highest BCUT2D eigenvalue weighted by Gasteiger charge is 2.19. The molecule has 0 aliphatic heterocycles. The number of amides is 1. The Bertz CT molecular complexity index is 1250. The third-order valence-electron chi connectivity index (χ3n) is 4.57. The Morgan fingerprint density at radius 1 is 1.23 bits per heavy atom. The number of fused-ring (bicyclic) bond motifs is 1. The molecule has 1 aromatic carbocycles. The van der Waals surface area contributed by atoms with Crippen LogP contribution in [0, 0.1) is 0 Å². The number of carbonyl (C=O) groups is 1. The molecule has 0 saturated carbocycles. The number of para-hydroxylation sites is 1. The minimum atomic E-state index is -0.365. The second kappa shape index (κ2) is 8.42. The highest BCUT2D eigenvalue weighted by molar-refractivity contribution is 7.20. The fourth-order valence-corrected chi connectivity index (χ4v) is 4.06. The normalized spacial score (nSPS) is 11.7. The monoisotopic (exact) mass is 420 g/mol. The molecular formula is C21H20N6O2S. The van der Waals surface area contributed by atoms with E-state index in [2.05, 4.69) is 25.6 Å². The molecule has 0 unspecified atom stereocenters. The molecule has 9 heteroatoms. The first-order chi connectivity index (χ1) is 14.6. The summed E-state index contributed by atoms with van der Waals surface area (Å²) in [6.45, 7) is 3.74. The first-order valence-corrected chi connectivity index (χ1v) is 10.3.